The van der Waals surface area contributed by atoms with Gasteiger partial charge in [-0.3, -0.25) is 9.59 Å². The van der Waals surface area contributed by atoms with E-state index in [1.165, 1.54) is 0 Å². The summed E-state index contributed by atoms with van der Waals surface area (Å²) in [5, 5.41) is 24.0. The van der Waals surface area contributed by atoms with Crippen molar-refractivity contribution in [2.24, 2.45) is 0 Å². The Bertz CT molecular complexity index is 1080. The maximum atomic E-state index is 12.3. The molecule has 0 aliphatic heterocycles. The first-order valence-corrected chi connectivity index (χ1v) is 14.8. The number of hydrogen-bond acceptors (Lipinski definition) is 5. The fourth-order valence-corrected chi connectivity index (χ4v) is 10.6. The van der Waals surface area contributed by atoms with Crippen molar-refractivity contribution in [2.45, 2.75) is 0 Å². The van der Waals surface area contributed by atoms with E-state index in [9.17, 15) is 29.4 Å². The molecule has 0 spiro atoms. The van der Waals surface area contributed by atoms with Crippen molar-refractivity contribution in [3.63, 3.8) is 0 Å². The molecule has 33 heavy (non-hydrogen) atoms. The van der Waals surface area contributed by atoms with Crippen molar-refractivity contribution < 1.29 is 34.1 Å². The maximum absolute atomic E-state index is 12.3. The Labute approximate surface area is 269 Å². The number of nitrogens with one attached hydrogen (secondary N) is 2. The molecular weight excluding hydrogens is 1120 g/mol. The van der Waals surface area contributed by atoms with Gasteiger partial charge in [0, 0.05) is 14.3 Å². The molecule has 0 unspecified atom stereocenters. The van der Waals surface area contributed by atoms with Gasteiger partial charge in [0.2, 0.25) is 11.8 Å². The number of carbonyl (C=O) groups excluding carboxylic acids is 2. The van der Waals surface area contributed by atoms with Crippen LogP contribution in [0.5, 0.6) is 0 Å². The lowest BCUT2D eigenvalue weighted by atomic mass is 10.2. The van der Waals surface area contributed by atoms with Crippen LogP contribution in [0.15, 0.2) is 12.1 Å². The van der Waals surface area contributed by atoms with Crippen LogP contribution in [0.1, 0.15) is 20.7 Å². The van der Waals surface area contributed by atoms with Gasteiger partial charge < -0.3 is 25.6 Å². The van der Waals surface area contributed by atoms with Crippen LogP contribution in [0.25, 0.3) is 0 Å². The molecule has 4 N–H and O–H groups in total. The molecule has 0 saturated carbocycles. The number of aromatic carboxylic acids is 2. The van der Waals surface area contributed by atoms with Crippen LogP contribution in [-0.2, 0) is 14.3 Å². The molecule has 2 rings (SSSR count). The van der Waals surface area contributed by atoms with E-state index in [2.05, 4.69) is 10.6 Å². The van der Waals surface area contributed by atoms with Crippen molar-refractivity contribution in [1.29, 1.82) is 0 Å². The van der Waals surface area contributed by atoms with E-state index in [1.54, 1.807) is 12.1 Å². The van der Waals surface area contributed by atoms with Gasteiger partial charge in [-0.25, -0.2) is 9.59 Å². The highest BCUT2D eigenvalue weighted by atomic mass is 127. The first-order valence-electron chi connectivity index (χ1n) is 8.34. The van der Waals surface area contributed by atoms with Crippen LogP contribution < -0.4 is 10.6 Å². The largest absolute Gasteiger partial charge is 0.478 e. The Morgan fingerprint density at radius 2 is 1.00 bits per heavy atom. The summed E-state index contributed by atoms with van der Waals surface area (Å²) >= 11 is 11.6. The van der Waals surface area contributed by atoms with E-state index in [4.69, 9.17) is 4.74 Å². The molecule has 0 saturated heterocycles. The second-order valence-corrected chi connectivity index (χ2v) is 12.8. The third-order valence-electron chi connectivity index (χ3n) is 3.76. The Morgan fingerprint density at radius 3 is 1.30 bits per heavy atom. The Morgan fingerprint density at radius 1 is 0.667 bits per heavy atom. The average Bonchev–Trinajstić information content (AvgIpc) is 2.67. The van der Waals surface area contributed by atoms with Gasteiger partial charge in [-0.05, 0) is 148 Å². The lowest BCUT2D eigenvalue weighted by Gasteiger charge is -2.14. The average molecular weight is 1130 g/mol. The summed E-state index contributed by atoms with van der Waals surface area (Å²) in [7, 11) is 0. The van der Waals surface area contributed by atoms with E-state index in [0.29, 0.717) is 32.8 Å². The van der Waals surface area contributed by atoms with Gasteiger partial charge in [0.15, 0.2) is 0 Å². The SMILES string of the molecule is O=C(COCC(=O)Nc1c(I)cc(I)c(C(=O)O)c1I)Nc1c(I)cc(I)c(C(=O)O)c1I. The number of carboxylic acid groups (broad SMARTS) is 2. The second kappa shape index (κ2) is 13.3. The lowest BCUT2D eigenvalue weighted by Crippen LogP contribution is -2.25. The molecule has 15 heteroatoms. The minimum atomic E-state index is -1.10. The number of halogens is 6. The van der Waals surface area contributed by atoms with Gasteiger partial charge in [-0.2, -0.15) is 0 Å². The first kappa shape index (κ1) is 29.9. The lowest BCUT2D eigenvalue weighted by molar-refractivity contribution is -0.125. The van der Waals surface area contributed by atoms with Crippen LogP contribution in [0.4, 0.5) is 11.4 Å². The number of carbonyl (C=O) groups is 4. The van der Waals surface area contributed by atoms with Crippen LogP contribution in [-0.4, -0.2) is 47.2 Å². The summed E-state index contributed by atoms with van der Waals surface area (Å²) in [5.74, 6) is -3.31. The Hall–Kier alpha value is 0.660. The van der Waals surface area contributed by atoms with Crippen molar-refractivity contribution in [3.8, 4) is 0 Å². The molecule has 176 valence electrons. The van der Waals surface area contributed by atoms with Crippen molar-refractivity contribution >= 4 is 171 Å². The van der Waals surface area contributed by atoms with Gasteiger partial charge >= 0.3 is 11.9 Å². The first-order chi connectivity index (χ1) is 15.3. The Balaban J connectivity index is 2.02. The van der Waals surface area contributed by atoms with Crippen LogP contribution in [0.2, 0.25) is 0 Å². The summed E-state index contributed by atoms with van der Waals surface area (Å²) < 4.78 is 8.39. The summed E-state index contributed by atoms with van der Waals surface area (Å²) in [6, 6.07) is 3.29. The van der Waals surface area contributed by atoms with Crippen LogP contribution >= 0.6 is 136 Å². The van der Waals surface area contributed by atoms with Gasteiger partial charge in [0.05, 0.1) is 29.6 Å². The van der Waals surface area contributed by atoms with Crippen LogP contribution in [0.3, 0.4) is 0 Å². The van der Waals surface area contributed by atoms with Gasteiger partial charge in [0.25, 0.3) is 0 Å². The van der Waals surface area contributed by atoms with E-state index in [-0.39, 0.29) is 11.1 Å². The second-order valence-electron chi connectivity index (χ2n) is 6.01. The topological polar surface area (TPSA) is 142 Å². The molecule has 0 fully saturated rings. The zero-order valence-electron chi connectivity index (χ0n) is 15.8. The van der Waals surface area contributed by atoms with Crippen molar-refractivity contribution in [1.82, 2.24) is 0 Å². The zero-order valence-corrected chi connectivity index (χ0v) is 28.7. The fraction of sp³-hybridized carbons (Fsp3) is 0.111. The summed E-state index contributed by atoms with van der Waals surface area (Å²) in [6.07, 6.45) is 0. The molecule has 0 aliphatic carbocycles. The molecule has 0 radical (unpaired) electrons. The zero-order chi connectivity index (χ0) is 25.0. The van der Waals surface area contributed by atoms with Gasteiger partial charge in [-0.1, -0.05) is 0 Å². The highest BCUT2D eigenvalue weighted by Crippen LogP contribution is 2.33. The van der Waals surface area contributed by atoms with E-state index < -0.39 is 37.0 Å². The summed E-state index contributed by atoms with van der Waals surface area (Å²) in [5.41, 5.74) is 0.900. The maximum Gasteiger partial charge on any atom is 0.337 e. The number of benzene rings is 2. The van der Waals surface area contributed by atoms with Gasteiger partial charge in [0.1, 0.15) is 13.2 Å². The molecular formula is C18H10I6N2O7. The van der Waals surface area contributed by atoms with E-state index >= 15 is 0 Å². The fourth-order valence-electron chi connectivity index (χ4n) is 2.39. The molecule has 2 aromatic carbocycles. The van der Waals surface area contributed by atoms with Gasteiger partial charge in [-0.15, -0.1) is 0 Å². The molecule has 0 bridgehead atoms. The predicted octanol–water partition coefficient (Wildman–Crippen LogP) is 5.30. The van der Waals surface area contributed by atoms with E-state index in [0.717, 1.165) is 0 Å². The number of rotatable bonds is 8. The molecule has 2 aromatic rings. The summed E-state index contributed by atoms with van der Waals surface area (Å²) in [4.78, 5) is 47.6. The van der Waals surface area contributed by atoms with E-state index in [1.807, 2.05) is 136 Å². The third kappa shape index (κ3) is 7.82. The predicted molar refractivity (Wildman–Crippen MR) is 171 cm³/mol. The van der Waals surface area contributed by atoms with Crippen LogP contribution in [0, 0.1) is 21.4 Å². The smallest absolute Gasteiger partial charge is 0.337 e. The molecule has 0 aliphatic rings. The quantitative estimate of drug-likeness (QED) is 0.263. The number of carboxylic acids is 2. The summed E-state index contributed by atoms with van der Waals surface area (Å²) in [6.45, 7) is -0.871. The molecule has 9 nitrogen and oxygen atoms in total. The number of hydrogen-bond donors (Lipinski definition) is 4. The highest BCUT2D eigenvalue weighted by Gasteiger charge is 2.22. The highest BCUT2D eigenvalue weighted by molar-refractivity contribution is 14.1. The normalized spacial score (nSPS) is 10.6. The van der Waals surface area contributed by atoms with Crippen molar-refractivity contribution in [2.75, 3.05) is 23.8 Å². The monoisotopic (exact) mass is 1130 g/mol. The number of ether oxygens (including phenoxy) is 1. The number of anilines is 2. The minimum absolute atomic E-state index is 0.0923. The molecule has 0 heterocycles. The minimum Gasteiger partial charge on any atom is -0.478 e. The third-order valence-corrected chi connectivity index (χ3v) is 9.32. The Kier molecular flexibility index (Phi) is 12.0. The standard InChI is InChI=1S/C18H10I6N2O7/c19-5-1-7(21)15(13(23)11(5)17(29)30)25-9(27)3-33-4-10(28)26-16-8(22)2-6(20)12(14(16)24)18(31)32/h1-2H,3-4H2,(H,25,27)(H,26,28)(H,29,30)(H,31,32). The number of amides is 2. The van der Waals surface area contributed by atoms with Crippen molar-refractivity contribution in [3.05, 3.63) is 44.7 Å². The molecule has 0 aromatic heterocycles. The molecule has 0 atom stereocenters. The molecule has 2 amide bonds.